The van der Waals surface area contributed by atoms with Crippen LogP contribution in [0.5, 0.6) is 0 Å². The van der Waals surface area contributed by atoms with Crippen LogP contribution in [-0.2, 0) is 11.3 Å². The Morgan fingerprint density at radius 2 is 1.76 bits per heavy atom. The molecule has 2 aromatic rings. The lowest BCUT2D eigenvalue weighted by Crippen LogP contribution is -2.30. The average molecular weight is 279 g/mol. The second-order valence-electron chi connectivity index (χ2n) is 5.93. The summed E-state index contributed by atoms with van der Waals surface area (Å²) >= 11 is 0. The number of amides is 1. The number of benzene rings is 2. The molecule has 1 aliphatic rings. The van der Waals surface area contributed by atoms with Crippen molar-refractivity contribution in [1.29, 1.82) is 0 Å². The molecule has 0 aliphatic heterocycles. The molecule has 1 fully saturated rings. The minimum atomic E-state index is 0.0108. The summed E-state index contributed by atoms with van der Waals surface area (Å²) in [5, 5.41) is 3.10. The van der Waals surface area contributed by atoms with E-state index in [1.165, 1.54) is 5.56 Å². The van der Waals surface area contributed by atoms with Crippen molar-refractivity contribution < 1.29 is 4.79 Å². The average Bonchev–Trinajstić information content (AvgIpc) is 3.33. The van der Waals surface area contributed by atoms with Gasteiger partial charge in [-0.05, 0) is 36.8 Å². The van der Waals surface area contributed by atoms with Crippen molar-refractivity contribution in [3.05, 3.63) is 71.3 Å². The number of aryl methyl sites for hydroxylation is 1. The van der Waals surface area contributed by atoms with Crippen LogP contribution in [0.15, 0.2) is 54.6 Å². The number of hydrogen-bond acceptors (Lipinski definition) is 1. The van der Waals surface area contributed by atoms with Gasteiger partial charge in [0.15, 0.2) is 0 Å². The lowest BCUT2D eigenvalue weighted by atomic mass is 9.93. The highest BCUT2D eigenvalue weighted by molar-refractivity contribution is 5.84. The highest BCUT2D eigenvalue weighted by atomic mass is 16.1. The van der Waals surface area contributed by atoms with E-state index in [1.807, 2.05) is 18.2 Å². The van der Waals surface area contributed by atoms with Crippen LogP contribution in [-0.4, -0.2) is 5.91 Å². The Balaban J connectivity index is 1.66. The van der Waals surface area contributed by atoms with Crippen LogP contribution < -0.4 is 5.32 Å². The molecule has 2 aromatic carbocycles. The van der Waals surface area contributed by atoms with Crippen molar-refractivity contribution in [3.63, 3.8) is 0 Å². The van der Waals surface area contributed by atoms with E-state index >= 15 is 0 Å². The second-order valence-corrected chi connectivity index (χ2v) is 5.93. The molecule has 108 valence electrons. The molecule has 0 radical (unpaired) electrons. The van der Waals surface area contributed by atoms with Gasteiger partial charge in [0.25, 0.3) is 0 Å². The summed E-state index contributed by atoms with van der Waals surface area (Å²) in [5.41, 5.74) is 3.53. The lowest BCUT2D eigenvalue weighted by Gasteiger charge is -2.16. The maximum Gasteiger partial charge on any atom is 0.228 e. The quantitative estimate of drug-likeness (QED) is 0.886. The van der Waals surface area contributed by atoms with E-state index in [1.54, 1.807) is 0 Å². The van der Waals surface area contributed by atoms with E-state index in [0.717, 1.165) is 24.0 Å². The zero-order valence-corrected chi connectivity index (χ0v) is 12.4. The fraction of sp³-hybridized carbons (Fsp3) is 0.316. The van der Waals surface area contributed by atoms with Crippen LogP contribution >= 0.6 is 0 Å². The summed E-state index contributed by atoms with van der Waals surface area (Å²) in [6.45, 7) is 2.68. The summed E-state index contributed by atoms with van der Waals surface area (Å²) < 4.78 is 0. The predicted octanol–water partition coefficient (Wildman–Crippen LogP) is 3.81. The van der Waals surface area contributed by atoms with Gasteiger partial charge in [0.05, 0.1) is 5.92 Å². The van der Waals surface area contributed by atoms with Crippen LogP contribution in [0.1, 0.15) is 35.4 Å². The predicted molar refractivity (Wildman–Crippen MR) is 84.9 cm³/mol. The molecule has 0 saturated heterocycles. The monoisotopic (exact) mass is 279 g/mol. The van der Waals surface area contributed by atoms with Gasteiger partial charge in [-0.3, -0.25) is 4.79 Å². The first kappa shape index (κ1) is 13.9. The molecule has 0 heterocycles. The summed E-state index contributed by atoms with van der Waals surface area (Å²) in [6.07, 6.45) is 2.33. The molecule has 0 aromatic heterocycles. The number of carbonyl (C=O) groups excluding carboxylic acids is 1. The van der Waals surface area contributed by atoms with Crippen LogP contribution in [0.3, 0.4) is 0 Å². The molecule has 0 bridgehead atoms. The van der Waals surface area contributed by atoms with Gasteiger partial charge in [-0.1, -0.05) is 60.2 Å². The third-order valence-electron chi connectivity index (χ3n) is 4.12. The highest BCUT2D eigenvalue weighted by Crippen LogP contribution is 2.42. The van der Waals surface area contributed by atoms with Gasteiger partial charge in [-0.2, -0.15) is 0 Å². The van der Waals surface area contributed by atoms with Crippen molar-refractivity contribution in [2.75, 3.05) is 0 Å². The zero-order valence-electron chi connectivity index (χ0n) is 12.4. The molecule has 1 N–H and O–H groups in total. The Morgan fingerprint density at radius 1 is 1.10 bits per heavy atom. The van der Waals surface area contributed by atoms with Gasteiger partial charge >= 0.3 is 0 Å². The molecule has 21 heavy (non-hydrogen) atoms. The lowest BCUT2D eigenvalue weighted by molar-refractivity contribution is -0.123. The van der Waals surface area contributed by atoms with Gasteiger partial charge in [-0.15, -0.1) is 0 Å². The SMILES string of the molecule is Cc1ccc(CNC(=O)C(c2ccccc2)C2CC2)cc1. The van der Waals surface area contributed by atoms with Crippen molar-refractivity contribution in [2.45, 2.75) is 32.2 Å². The minimum Gasteiger partial charge on any atom is -0.351 e. The Labute approximate surface area is 126 Å². The minimum absolute atomic E-state index is 0.0108. The topological polar surface area (TPSA) is 29.1 Å². The van der Waals surface area contributed by atoms with Gasteiger partial charge in [0.1, 0.15) is 0 Å². The number of hydrogen-bond donors (Lipinski definition) is 1. The van der Waals surface area contributed by atoms with Crippen molar-refractivity contribution in [3.8, 4) is 0 Å². The van der Waals surface area contributed by atoms with Crippen LogP contribution in [0, 0.1) is 12.8 Å². The Hall–Kier alpha value is -2.09. The maximum atomic E-state index is 12.6. The smallest absolute Gasteiger partial charge is 0.228 e. The molecule has 1 unspecified atom stereocenters. The maximum absolute atomic E-state index is 12.6. The molecule has 1 aliphatic carbocycles. The van der Waals surface area contributed by atoms with E-state index in [4.69, 9.17) is 0 Å². The van der Waals surface area contributed by atoms with E-state index in [9.17, 15) is 4.79 Å². The molecule has 0 spiro atoms. The normalized spacial score (nSPS) is 15.5. The van der Waals surface area contributed by atoms with Crippen LogP contribution in [0.25, 0.3) is 0 Å². The molecular weight excluding hydrogens is 258 g/mol. The van der Waals surface area contributed by atoms with Crippen molar-refractivity contribution >= 4 is 5.91 Å². The Bertz CT molecular complexity index is 599. The molecule has 1 amide bonds. The summed E-state index contributed by atoms with van der Waals surface area (Å²) in [6, 6.07) is 18.5. The molecule has 1 atom stereocenters. The fourth-order valence-corrected chi connectivity index (χ4v) is 2.73. The zero-order chi connectivity index (χ0) is 14.7. The highest BCUT2D eigenvalue weighted by Gasteiger charge is 2.36. The van der Waals surface area contributed by atoms with Crippen LogP contribution in [0.4, 0.5) is 0 Å². The second kappa shape index (κ2) is 6.13. The molecule has 3 rings (SSSR count). The van der Waals surface area contributed by atoms with E-state index in [2.05, 4.69) is 48.6 Å². The van der Waals surface area contributed by atoms with Crippen LogP contribution in [0.2, 0.25) is 0 Å². The first-order valence-electron chi connectivity index (χ1n) is 7.62. The number of carbonyl (C=O) groups is 1. The Morgan fingerprint density at radius 3 is 2.38 bits per heavy atom. The largest absolute Gasteiger partial charge is 0.351 e. The number of nitrogens with one attached hydrogen (secondary N) is 1. The van der Waals surface area contributed by atoms with Crippen molar-refractivity contribution in [2.24, 2.45) is 5.92 Å². The van der Waals surface area contributed by atoms with E-state index < -0.39 is 0 Å². The molecule has 2 heteroatoms. The summed E-state index contributed by atoms with van der Waals surface area (Å²) in [7, 11) is 0. The van der Waals surface area contributed by atoms with Crippen molar-refractivity contribution in [1.82, 2.24) is 5.32 Å². The van der Waals surface area contributed by atoms with E-state index in [-0.39, 0.29) is 11.8 Å². The summed E-state index contributed by atoms with van der Waals surface area (Å²) in [5.74, 6) is 0.686. The Kier molecular flexibility index (Phi) is 4.05. The molecular formula is C19H21NO. The number of rotatable bonds is 5. The fourth-order valence-electron chi connectivity index (χ4n) is 2.73. The summed E-state index contributed by atoms with van der Waals surface area (Å²) in [4.78, 5) is 12.6. The van der Waals surface area contributed by atoms with Gasteiger partial charge in [0, 0.05) is 6.54 Å². The molecule has 2 nitrogen and oxygen atoms in total. The van der Waals surface area contributed by atoms with E-state index in [0.29, 0.717) is 12.5 Å². The molecule has 1 saturated carbocycles. The third kappa shape index (κ3) is 3.52. The van der Waals surface area contributed by atoms with Gasteiger partial charge in [0.2, 0.25) is 5.91 Å². The standard InChI is InChI=1S/C19H21NO/c1-14-7-9-15(10-8-14)13-20-19(21)18(17-11-12-17)16-5-3-2-4-6-16/h2-10,17-18H,11-13H2,1H3,(H,20,21). The third-order valence-corrected chi connectivity index (χ3v) is 4.12. The van der Waals surface area contributed by atoms with Gasteiger partial charge in [-0.25, -0.2) is 0 Å². The first-order valence-corrected chi connectivity index (χ1v) is 7.62. The first-order chi connectivity index (χ1) is 10.2. The van der Waals surface area contributed by atoms with Gasteiger partial charge < -0.3 is 5.32 Å².